The molecule has 0 bridgehead atoms. The van der Waals surface area contributed by atoms with Crippen molar-refractivity contribution in [1.29, 1.82) is 0 Å². The summed E-state index contributed by atoms with van der Waals surface area (Å²) < 4.78 is 0.819. The zero-order valence-corrected chi connectivity index (χ0v) is 13.8. The lowest BCUT2D eigenvalue weighted by Gasteiger charge is -2.40. The van der Waals surface area contributed by atoms with Gasteiger partial charge in [-0.05, 0) is 26.0 Å². The van der Waals surface area contributed by atoms with Gasteiger partial charge in [0.25, 0.3) is 0 Å². The zero-order chi connectivity index (χ0) is 14.8. The fourth-order valence-corrected chi connectivity index (χ4v) is 3.94. The van der Waals surface area contributed by atoms with Crippen molar-refractivity contribution in [2.75, 3.05) is 39.3 Å². The molecule has 1 aromatic rings. The van der Waals surface area contributed by atoms with Gasteiger partial charge in [0.15, 0.2) is 0 Å². The summed E-state index contributed by atoms with van der Waals surface area (Å²) in [5.74, 6) is 0. The van der Waals surface area contributed by atoms with Gasteiger partial charge in [0.05, 0.1) is 16.0 Å². The maximum atomic E-state index is 9.88. The van der Waals surface area contributed by atoms with E-state index in [0.29, 0.717) is 6.54 Å². The van der Waals surface area contributed by atoms with Gasteiger partial charge in [0.2, 0.25) is 0 Å². The molecule has 1 fully saturated rings. The second kappa shape index (κ2) is 6.73. The number of β-amino-alcohol motifs (C(OH)–C–C–N with tert-alkyl or cyclic N) is 1. The minimum absolute atomic E-state index is 0.261. The summed E-state index contributed by atoms with van der Waals surface area (Å²) in [6, 6.07) is 4.28. The van der Waals surface area contributed by atoms with Crippen molar-refractivity contribution in [3.8, 4) is 0 Å². The molecule has 0 saturated carbocycles. The second-order valence-corrected chi connectivity index (χ2v) is 7.76. The molecular weight excluding hydrogens is 294 g/mol. The molecule has 0 spiro atoms. The van der Waals surface area contributed by atoms with Crippen molar-refractivity contribution in [3.05, 3.63) is 21.3 Å². The third kappa shape index (κ3) is 4.41. The van der Waals surface area contributed by atoms with E-state index in [9.17, 15) is 5.11 Å². The predicted molar refractivity (Wildman–Crippen MR) is 85.4 cm³/mol. The minimum atomic E-state index is -0.628. The molecule has 6 heteroatoms. The molecule has 2 rings (SSSR count). The number of thiophene rings is 1. The van der Waals surface area contributed by atoms with E-state index in [1.807, 2.05) is 19.9 Å². The van der Waals surface area contributed by atoms with Gasteiger partial charge in [-0.3, -0.25) is 9.80 Å². The first-order chi connectivity index (χ1) is 9.39. The Labute approximate surface area is 130 Å². The van der Waals surface area contributed by atoms with Gasteiger partial charge < -0.3 is 10.8 Å². The first kappa shape index (κ1) is 16.2. The van der Waals surface area contributed by atoms with Crippen LogP contribution in [0.5, 0.6) is 0 Å². The van der Waals surface area contributed by atoms with E-state index in [1.54, 1.807) is 11.3 Å². The fourth-order valence-electron chi connectivity index (χ4n) is 2.73. The van der Waals surface area contributed by atoms with Crippen molar-refractivity contribution < 1.29 is 5.11 Å². The summed E-state index contributed by atoms with van der Waals surface area (Å²) in [5, 5.41) is 9.88. The maximum Gasteiger partial charge on any atom is 0.0931 e. The highest BCUT2D eigenvalue weighted by atomic mass is 35.5. The molecule has 1 aliphatic rings. The highest BCUT2D eigenvalue weighted by Crippen LogP contribution is 2.30. The smallest absolute Gasteiger partial charge is 0.0931 e. The molecule has 0 amide bonds. The van der Waals surface area contributed by atoms with Crippen LogP contribution in [0.25, 0.3) is 0 Å². The fraction of sp³-hybridized carbons (Fsp3) is 0.714. The topological polar surface area (TPSA) is 52.7 Å². The van der Waals surface area contributed by atoms with Crippen LogP contribution in [0.15, 0.2) is 12.1 Å². The molecule has 0 aromatic carbocycles. The molecule has 1 aromatic heterocycles. The number of piperazine rings is 1. The SMILES string of the molecule is CC(C)(O)CN1CCN(C(CN)c2ccc(Cl)s2)CC1. The van der Waals surface area contributed by atoms with Crippen LogP contribution in [0.1, 0.15) is 24.8 Å². The second-order valence-electron chi connectivity index (χ2n) is 6.02. The van der Waals surface area contributed by atoms with Crippen molar-refractivity contribution in [3.63, 3.8) is 0 Å². The Morgan fingerprint density at radius 3 is 2.45 bits per heavy atom. The van der Waals surface area contributed by atoms with E-state index in [1.165, 1.54) is 4.88 Å². The molecule has 1 atom stereocenters. The third-order valence-electron chi connectivity index (χ3n) is 3.60. The molecule has 114 valence electrons. The molecule has 4 nitrogen and oxygen atoms in total. The Hall–Kier alpha value is -0.170. The maximum absolute atomic E-state index is 9.88. The Balaban J connectivity index is 1.92. The predicted octanol–water partition coefficient (Wildman–Crippen LogP) is 1.79. The Bertz CT molecular complexity index is 424. The summed E-state index contributed by atoms with van der Waals surface area (Å²) >= 11 is 7.63. The van der Waals surface area contributed by atoms with Gasteiger partial charge in [0, 0.05) is 44.1 Å². The van der Waals surface area contributed by atoms with Crippen molar-refractivity contribution in [1.82, 2.24) is 9.80 Å². The first-order valence-electron chi connectivity index (χ1n) is 7.03. The standard InChI is InChI=1S/C14H24ClN3OS/c1-14(2,19)10-17-5-7-18(8-6-17)11(9-16)12-3-4-13(15)20-12/h3-4,11,19H,5-10,16H2,1-2H3. The van der Waals surface area contributed by atoms with Crippen LogP contribution in [0.2, 0.25) is 4.34 Å². The lowest BCUT2D eigenvalue weighted by molar-refractivity contribution is 0.0115. The normalized spacial score (nSPS) is 20.2. The number of nitrogens with zero attached hydrogens (tertiary/aromatic N) is 2. The molecule has 0 aliphatic carbocycles. The average Bonchev–Trinajstić information content (AvgIpc) is 2.77. The van der Waals surface area contributed by atoms with E-state index in [0.717, 1.165) is 37.1 Å². The van der Waals surface area contributed by atoms with Crippen LogP contribution in [-0.2, 0) is 0 Å². The lowest BCUT2D eigenvalue weighted by Crippen LogP contribution is -2.52. The van der Waals surface area contributed by atoms with Gasteiger partial charge in [-0.2, -0.15) is 0 Å². The summed E-state index contributed by atoms with van der Waals surface area (Å²) in [6.07, 6.45) is 0. The summed E-state index contributed by atoms with van der Waals surface area (Å²) in [7, 11) is 0. The molecule has 20 heavy (non-hydrogen) atoms. The monoisotopic (exact) mass is 317 g/mol. The Morgan fingerprint density at radius 2 is 2.00 bits per heavy atom. The molecule has 1 aliphatic heterocycles. The molecule has 3 N–H and O–H groups in total. The molecular formula is C14H24ClN3OS. The number of nitrogens with two attached hydrogens (primary N) is 1. The average molecular weight is 318 g/mol. The third-order valence-corrected chi connectivity index (χ3v) is 4.94. The van der Waals surface area contributed by atoms with Gasteiger partial charge in [-0.25, -0.2) is 0 Å². The summed E-state index contributed by atoms with van der Waals surface area (Å²) in [5.41, 5.74) is 5.32. The van der Waals surface area contributed by atoms with Gasteiger partial charge in [-0.15, -0.1) is 11.3 Å². The van der Waals surface area contributed by atoms with Gasteiger partial charge in [-0.1, -0.05) is 11.6 Å². The largest absolute Gasteiger partial charge is 0.389 e. The van der Waals surface area contributed by atoms with Crippen LogP contribution in [0, 0.1) is 0 Å². The Kier molecular flexibility index (Phi) is 5.45. The zero-order valence-electron chi connectivity index (χ0n) is 12.2. The Morgan fingerprint density at radius 1 is 1.35 bits per heavy atom. The molecule has 1 saturated heterocycles. The molecule has 0 radical (unpaired) electrons. The first-order valence-corrected chi connectivity index (χ1v) is 8.22. The van der Waals surface area contributed by atoms with E-state index in [4.69, 9.17) is 17.3 Å². The van der Waals surface area contributed by atoms with E-state index >= 15 is 0 Å². The molecule has 2 heterocycles. The number of hydrogen-bond donors (Lipinski definition) is 2. The summed E-state index contributed by atoms with van der Waals surface area (Å²) in [4.78, 5) is 5.97. The summed E-state index contributed by atoms with van der Waals surface area (Å²) in [6.45, 7) is 8.95. The van der Waals surface area contributed by atoms with Gasteiger partial charge in [0.1, 0.15) is 0 Å². The van der Waals surface area contributed by atoms with Crippen LogP contribution >= 0.6 is 22.9 Å². The van der Waals surface area contributed by atoms with Crippen LogP contribution in [-0.4, -0.2) is 59.8 Å². The van der Waals surface area contributed by atoms with Crippen molar-refractivity contribution in [2.45, 2.75) is 25.5 Å². The van der Waals surface area contributed by atoms with E-state index < -0.39 is 5.60 Å². The highest BCUT2D eigenvalue weighted by Gasteiger charge is 2.27. The number of aliphatic hydroxyl groups is 1. The highest BCUT2D eigenvalue weighted by molar-refractivity contribution is 7.16. The quantitative estimate of drug-likeness (QED) is 0.869. The minimum Gasteiger partial charge on any atom is -0.389 e. The number of halogens is 1. The van der Waals surface area contributed by atoms with Gasteiger partial charge >= 0.3 is 0 Å². The van der Waals surface area contributed by atoms with Crippen LogP contribution in [0.4, 0.5) is 0 Å². The number of hydrogen-bond acceptors (Lipinski definition) is 5. The van der Waals surface area contributed by atoms with Crippen molar-refractivity contribution >= 4 is 22.9 Å². The van der Waals surface area contributed by atoms with Crippen LogP contribution in [0.3, 0.4) is 0 Å². The lowest BCUT2D eigenvalue weighted by atomic mass is 10.1. The van der Waals surface area contributed by atoms with E-state index in [2.05, 4.69) is 15.9 Å². The van der Waals surface area contributed by atoms with Crippen LogP contribution < -0.4 is 5.73 Å². The van der Waals surface area contributed by atoms with Crippen molar-refractivity contribution in [2.24, 2.45) is 5.73 Å². The van der Waals surface area contributed by atoms with E-state index in [-0.39, 0.29) is 6.04 Å². The number of rotatable bonds is 5. The molecule has 1 unspecified atom stereocenters.